The average Bonchev–Trinajstić information content (AvgIpc) is 3.84. The fourth-order valence-electron chi connectivity index (χ4n) is 7.91. The molecule has 0 bridgehead atoms. The molecule has 0 saturated carbocycles. The van der Waals surface area contributed by atoms with Gasteiger partial charge in [-0.1, -0.05) is 115 Å². The lowest BCUT2D eigenvalue weighted by molar-refractivity contribution is 1.16. The Balaban J connectivity index is 1.17. The van der Waals surface area contributed by atoms with Crippen LogP contribution in [0, 0.1) is 0 Å². The summed E-state index contributed by atoms with van der Waals surface area (Å²) in [5, 5.41) is 7.26. The summed E-state index contributed by atoms with van der Waals surface area (Å²) >= 11 is 1.73. The van der Waals surface area contributed by atoms with Crippen LogP contribution in [0.15, 0.2) is 170 Å². The minimum atomic E-state index is 0.724. The Morgan fingerprint density at radius 1 is 0.392 bits per heavy atom. The van der Waals surface area contributed by atoms with Gasteiger partial charge in [-0.2, -0.15) is 0 Å². The highest BCUT2D eigenvalue weighted by Crippen LogP contribution is 2.42. The molecular formula is C46H28N4S. The summed E-state index contributed by atoms with van der Waals surface area (Å²) in [6, 6.07) is 60.6. The maximum absolute atomic E-state index is 5.30. The molecule has 0 N–H and O–H groups in total. The van der Waals surface area contributed by atoms with E-state index in [4.69, 9.17) is 9.97 Å². The molecular weight excluding hydrogens is 641 g/mol. The molecule has 0 amide bonds. The molecule has 4 nitrogen and oxygen atoms in total. The van der Waals surface area contributed by atoms with Gasteiger partial charge in [0.05, 0.1) is 27.8 Å². The molecule has 4 aromatic heterocycles. The Kier molecular flexibility index (Phi) is 6.09. The van der Waals surface area contributed by atoms with Crippen molar-refractivity contribution in [1.82, 2.24) is 19.1 Å². The first-order valence-electron chi connectivity index (χ1n) is 17.2. The number of hydrogen-bond donors (Lipinski definition) is 0. The predicted molar refractivity (Wildman–Crippen MR) is 214 cm³/mol. The third kappa shape index (κ3) is 4.25. The zero-order valence-corrected chi connectivity index (χ0v) is 28.2. The third-order valence-corrected chi connectivity index (χ3v) is 11.2. The Labute approximate surface area is 297 Å². The van der Waals surface area contributed by atoms with Gasteiger partial charge in [0.2, 0.25) is 0 Å². The van der Waals surface area contributed by atoms with Crippen LogP contribution in [-0.4, -0.2) is 19.1 Å². The van der Waals surface area contributed by atoms with Crippen molar-refractivity contribution < 1.29 is 0 Å². The van der Waals surface area contributed by atoms with E-state index in [1.807, 2.05) is 0 Å². The number of para-hydroxylation sites is 3. The summed E-state index contributed by atoms with van der Waals surface area (Å²) < 4.78 is 6.01. The molecule has 51 heavy (non-hydrogen) atoms. The molecule has 0 aliphatic rings. The molecule has 238 valence electrons. The van der Waals surface area contributed by atoms with Gasteiger partial charge in [-0.05, 0) is 54.6 Å². The standard InChI is InChI=1S/C46H28N4S/c1-3-14-29(15-4-1)44-43-35-22-9-12-25-42(35)51-46(43)48-45(47-44)30-16-13-19-32(26-30)50-39-24-11-8-21-34(39)37-27-36-33-20-7-10-23-38(33)49(40(36)28-41(37)50)31-17-5-2-6-18-31/h1-28H. The highest BCUT2D eigenvalue weighted by molar-refractivity contribution is 7.25. The summed E-state index contributed by atoms with van der Waals surface area (Å²) in [4.78, 5) is 11.5. The van der Waals surface area contributed by atoms with E-state index >= 15 is 0 Å². The molecule has 0 aliphatic carbocycles. The molecule has 0 aliphatic heterocycles. The Bertz CT molecular complexity index is 3130. The van der Waals surface area contributed by atoms with Gasteiger partial charge in [0.25, 0.3) is 0 Å². The molecule has 4 heterocycles. The second kappa shape index (κ2) is 11.0. The molecule has 11 aromatic rings. The largest absolute Gasteiger partial charge is 0.309 e. The smallest absolute Gasteiger partial charge is 0.161 e. The lowest BCUT2D eigenvalue weighted by Gasteiger charge is -2.12. The van der Waals surface area contributed by atoms with Gasteiger partial charge >= 0.3 is 0 Å². The van der Waals surface area contributed by atoms with E-state index in [-0.39, 0.29) is 0 Å². The van der Waals surface area contributed by atoms with Gasteiger partial charge in [-0.25, -0.2) is 9.97 Å². The molecule has 7 aromatic carbocycles. The first kappa shape index (κ1) is 28.3. The number of rotatable bonds is 4. The number of fused-ring (bicyclic) bond motifs is 9. The third-order valence-electron chi connectivity index (χ3n) is 10.1. The fraction of sp³-hybridized carbons (Fsp3) is 0. The summed E-state index contributed by atoms with van der Waals surface area (Å²) in [5.74, 6) is 0.724. The average molecular weight is 669 g/mol. The van der Waals surface area contributed by atoms with Crippen LogP contribution in [0.5, 0.6) is 0 Å². The molecule has 0 atom stereocenters. The number of nitrogens with zero attached hydrogens (tertiary/aromatic N) is 4. The van der Waals surface area contributed by atoms with E-state index in [9.17, 15) is 0 Å². The van der Waals surface area contributed by atoms with Crippen LogP contribution in [0.2, 0.25) is 0 Å². The first-order valence-corrected chi connectivity index (χ1v) is 18.0. The molecule has 0 unspecified atom stereocenters. The van der Waals surface area contributed by atoms with E-state index in [1.54, 1.807) is 11.3 Å². The fourth-order valence-corrected chi connectivity index (χ4v) is 8.98. The summed E-state index contributed by atoms with van der Waals surface area (Å²) in [6.45, 7) is 0. The van der Waals surface area contributed by atoms with E-state index in [2.05, 4.69) is 179 Å². The van der Waals surface area contributed by atoms with Crippen LogP contribution in [0.4, 0.5) is 0 Å². The second-order valence-corrected chi connectivity index (χ2v) is 14.0. The van der Waals surface area contributed by atoms with Crippen LogP contribution in [0.1, 0.15) is 0 Å². The molecule has 0 spiro atoms. The Morgan fingerprint density at radius 3 is 1.69 bits per heavy atom. The molecule has 0 saturated heterocycles. The summed E-state index contributed by atoms with van der Waals surface area (Å²) in [5.41, 5.74) is 9.96. The predicted octanol–water partition coefficient (Wildman–Crippen LogP) is 12.4. The monoisotopic (exact) mass is 668 g/mol. The SMILES string of the molecule is c1ccc(-c2nc(-c3cccc(-n4c5ccccc5c5cc6c7ccccc7n(-c7ccccc7)c6cc54)c3)nc3sc4ccccc4c23)cc1. The zero-order chi connectivity index (χ0) is 33.5. The lowest BCUT2D eigenvalue weighted by atomic mass is 10.1. The van der Waals surface area contributed by atoms with Crippen LogP contribution in [-0.2, 0) is 0 Å². The maximum atomic E-state index is 5.30. The van der Waals surface area contributed by atoms with Crippen molar-refractivity contribution in [2.24, 2.45) is 0 Å². The normalized spacial score (nSPS) is 11.9. The van der Waals surface area contributed by atoms with Gasteiger partial charge in [-0.3, -0.25) is 0 Å². The molecule has 11 rings (SSSR count). The van der Waals surface area contributed by atoms with E-state index < -0.39 is 0 Å². The van der Waals surface area contributed by atoms with E-state index in [0.29, 0.717) is 0 Å². The highest BCUT2D eigenvalue weighted by atomic mass is 32.1. The van der Waals surface area contributed by atoms with Gasteiger partial charge < -0.3 is 9.13 Å². The molecule has 5 heteroatoms. The number of hydrogen-bond acceptors (Lipinski definition) is 3. The highest BCUT2D eigenvalue weighted by Gasteiger charge is 2.20. The minimum Gasteiger partial charge on any atom is -0.309 e. The number of thiophene rings is 1. The molecule has 0 fully saturated rings. The van der Waals surface area contributed by atoms with Crippen molar-refractivity contribution in [3.05, 3.63) is 170 Å². The quantitative estimate of drug-likeness (QED) is 0.187. The summed E-state index contributed by atoms with van der Waals surface area (Å²) in [6.07, 6.45) is 0. The van der Waals surface area contributed by atoms with Crippen molar-refractivity contribution >= 4 is 75.3 Å². The van der Waals surface area contributed by atoms with Crippen molar-refractivity contribution in [2.45, 2.75) is 0 Å². The lowest BCUT2D eigenvalue weighted by Crippen LogP contribution is -1.97. The van der Waals surface area contributed by atoms with Crippen LogP contribution >= 0.6 is 11.3 Å². The van der Waals surface area contributed by atoms with E-state index in [0.717, 1.165) is 49.8 Å². The van der Waals surface area contributed by atoms with Crippen molar-refractivity contribution in [3.8, 4) is 34.0 Å². The Morgan fingerprint density at radius 2 is 0.961 bits per heavy atom. The van der Waals surface area contributed by atoms with Crippen molar-refractivity contribution in [1.29, 1.82) is 0 Å². The van der Waals surface area contributed by atoms with Gasteiger partial charge in [0.15, 0.2) is 5.82 Å². The van der Waals surface area contributed by atoms with Crippen molar-refractivity contribution in [3.63, 3.8) is 0 Å². The van der Waals surface area contributed by atoms with Crippen LogP contribution in [0.25, 0.3) is 97.9 Å². The number of aromatic nitrogens is 4. The van der Waals surface area contributed by atoms with E-state index in [1.165, 1.54) is 48.2 Å². The summed E-state index contributed by atoms with van der Waals surface area (Å²) in [7, 11) is 0. The van der Waals surface area contributed by atoms with Gasteiger partial charge in [0, 0.05) is 59.5 Å². The molecule has 0 radical (unpaired) electrons. The van der Waals surface area contributed by atoms with Crippen LogP contribution in [0.3, 0.4) is 0 Å². The first-order chi connectivity index (χ1) is 25.3. The van der Waals surface area contributed by atoms with Crippen LogP contribution < -0.4 is 0 Å². The van der Waals surface area contributed by atoms with Crippen molar-refractivity contribution in [2.75, 3.05) is 0 Å². The number of benzene rings is 7. The topological polar surface area (TPSA) is 35.6 Å². The van der Waals surface area contributed by atoms with Gasteiger partial charge in [0.1, 0.15) is 4.83 Å². The second-order valence-electron chi connectivity index (χ2n) is 13.0. The minimum absolute atomic E-state index is 0.724. The Hall–Kier alpha value is -6.56. The van der Waals surface area contributed by atoms with Gasteiger partial charge in [-0.15, -0.1) is 11.3 Å². The zero-order valence-electron chi connectivity index (χ0n) is 27.4. The maximum Gasteiger partial charge on any atom is 0.161 e.